The Morgan fingerprint density at radius 2 is 1.75 bits per heavy atom. The number of piperidine rings is 1. The molecule has 3 saturated heterocycles. The van der Waals surface area contributed by atoms with Crippen LogP contribution >= 0.6 is 0 Å². The van der Waals surface area contributed by atoms with Gasteiger partial charge >= 0.3 is 0 Å². The zero-order valence-corrected chi connectivity index (χ0v) is 17.1. The molecule has 5 heterocycles. The van der Waals surface area contributed by atoms with Crippen LogP contribution in [0.4, 0.5) is 11.6 Å². The second kappa shape index (κ2) is 7.17. The lowest BCUT2D eigenvalue weighted by atomic mass is 10.0. The maximum Gasteiger partial charge on any atom is 0.160 e. The van der Waals surface area contributed by atoms with Crippen molar-refractivity contribution in [2.45, 2.75) is 31.3 Å². The summed E-state index contributed by atoms with van der Waals surface area (Å²) in [4.78, 5) is 14.5. The van der Waals surface area contributed by atoms with Crippen LogP contribution in [0.1, 0.15) is 31.0 Å². The molecule has 3 aliphatic heterocycles. The van der Waals surface area contributed by atoms with Crippen LogP contribution in [-0.4, -0.2) is 90.3 Å². The minimum Gasteiger partial charge on any atom is -0.354 e. The lowest BCUT2D eigenvalue weighted by Gasteiger charge is -2.39. The van der Waals surface area contributed by atoms with E-state index in [2.05, 4.69) is 50.3 Å². The van der Waals surface area contributed by atoms with E-state index >= 15 is 0 Å². The standard InChI is InChI=1S/C20H32N8/c1-24-7-9-26(10-8-24)20-12-18(27-13-15(21)14-27)22-19-11-16(23-28(19)20)17-5-3-4-6-25(17)2/h11-12,15,17H,3-10,13-14,21H2,1-2H3. The van der Waals surface area contributed by atoms with Crippen LogP contribution in [0.25, 0.3) is 5.65 Å². The Morgan fingerprint density at radius 1 is 0.964 bits per heavy atom. The van der Waals surface area contributed by atoms with Crippen LogP contribution in [0.2, 0.25) is 0 Å². The number of anilines is 2. The van der Waals surface area contributed by atoms with Gasteiger partial charge in [0, 0.05) is 57.4 Å². The van der Waals surface area contributed by atoms with Crippen LogP contribution in [0.5, 0.6) is 0 Å². The maximum absolute atomic E-state index is 6.02. The SMILES string of the molecule is CN1CCN(c2cc(N3CC(N)C3)nc3cc(C4CCCCN4C)nn23)CC1. The van der Waals surface area contributed by atoms with Gasteiger partial charge in [0.05, 0.1) is 11.7 Å². The lowest BCUT2D eigenvalue weighted by Crippen LogP contribution is -2.56. The minimum atomic E-state index is 0.265. The molecule has 0 amide bonds. The molecular formula is C20H32N8. The number of piperazine rings is 1. The first-order chi connectivity index (χ1) is 13.6. The van der Waals surface area contributed by atoms with E-state index in [9.17, 15) is 0 Å². The molecule has 5 rings (SSSR count). The molecule has 1 atom stereocenters. The van der Waals surface area contributed by atoms with Crippen molar-refractivity contribution in [3.8, 4) is 0 Å². The van der Waals surface area contributed by atoms with Gasteiger partial charge < -0.3 is 20.4 Å². The molecule has 2 aromatic heterocycles. The van der Waals surface area contributed by atoms with Crippen molar-refractivity contribution >= 4 is 17.3 Å². The van der Waals surface area contributed by atoms with Gasteiger partial charge in [-0.15, -0.1) is 0 Å². The molecule has 3 aliphatic rings. The largest absolute Gasteiger partial charge is 0.354 e. The van der Waals surface area contributed by atoms with Gasteiger partial charge in [-0.2, -0.15) is 9.61 Å². The molecule has 2 N–H and O–H groups in total. The van der Waals surface area contributed by atoms with Gasteiger partial charge in [0.1, 0.15) is 11.6 Å². The van der Waals surface area contributed by atoms with E-state index in [-0.39, 0.29) is 6.04 Å². The van der Waals surface area contributed by atoms with Crippen LogP contribution in [0, 0.1) is 0 Å². The third-order valence-corrected chi connectivity index (χ3v) is 6.59. The van der Waals surface area contributed by atoms with E-state index in [1.807, 2.05) is 0 Å². The van der Waals surface area contributed by atoms with Crippen molar-refractivity contribution in [1.29, 1.82) is 0 Å². The van der Waals surface area contributed by atoms with Gasteiger partial charge in [-0.3, -0.25) is 4.90 Å². The third kappa shape index (κ3) is 3.23. The first kappa shape index (κ1) is 18.1. The average Bonchev–Trinajstić information content (AvgIpc) is 3.09. The first-order valence-electron chi connectivity index (χ1n) is 10.6. The van der Waals surface area contributed by atoms with E-state index < -0.39 is 0 Å². The predicted molar refractivity (Wildman–Crippen MR) is 112 cm³/mol. The van der Waals surface area contributed by atoms with Crippen LogP contribution in [-0.2, 0) is 0 Å². The highest BCUT2D eigenvalue weighted by atomic mass is 15.4. The highest BCUT2D eigenvalue weighted by molar-refractivity contribution is 5.61. The fraction of sp³-hybridized carbons (Fsp3) is 0.700. The van der Waals surface area contributed by atoms with E-state index in [4.69, 9.17) is 15.8 Å². The molecule has 0 saturated carbocycles. The summed E-state index contributed by atoms with van der Waals surface area (Å²) in [6.45, 7) is 7.12. The summed E-state index contributed by atoms with van der Waals surface area (Å²) in [5.41, 5.74) is 8.14. The Bertz CT molecular complexity index is 834. The Morgan fingerprint density at radius 3 is 2.46 bits per heavy atom. The second-order valence-electron chi connectivity index (χ2n) is 8.76. The first-order valence-corrected chi connectivity index (χ1v) is 10.6. The summed E-state index contributed by atoms with van der Waals surface area (Å²) in [7, 11) is 4.41. The number of hydrogen-bond acceptors (Lipinski definition) is 7. The van der Waals surface area contributed by atoms with Gasteiger partial charge in [0.15, 0.2) is 5.65 Å². The molecule has 152 valence electrons. The van der Waals surface area contributed by atoms with Crippen molar-refractivity contribution in [3.05, 3.63) is 17.8 Å². The van der Waals surface area contributed by atoms with Crippen molar-refractivity contribution in [1.82, 2.24) is 24.4 Å². The number of likely N-dealkylation sites (N-methyl/N-ethyl adjacent to an activating group) is 1. The Hall–Kier alpha value is -1.90. The summed E-state index contributed by atoms with van der Waals surface area (Å²) in [6, 6.07) is 5.08. The number of hydrogen-bond donors (Lipinski definition) is 1. The molecule has 0 aromatic carbocycles. The molecule has 28 heavy (non-hydrogen) atoms. The molecule has 0 bridgehead atoms. The van der Waals surface area contributed by atoms with Crippen molar-refractivity contribution in [2.24, 2.45) is 5.73 Å². The molecule has 8 nitrogen and oxygen atoms in total. The zero-order chi connectivity index (χ0) is 19.3. The van der Waals surface area contributed by atoms with E-state index in [0.717, 1.165) is 63.0 Å². The van der Waals surface area contributed by atoms with Gasteiger partial charge in [-0.1, -0.05) is 6.42 Å². The molecule has 0 aliphatic carbocycles. The number of nitrogens with two attached hydrogens (primary N) is 1. The number of fused-ring (bicyclic) bond motifs is 1. The fourth-order valence-corrected chi connectivity index (χ4v) is 4.70. The minimum absolute atomic E-state index is 0.265. The number of likely N-dealkylation sites (tertiary alicyclic amines) is 1. The Kier molecular flexibility index (Phi) is 4.65. The Balaban J connectivity index is 1.54. The van der Waals surface area contributed by atoms with Gasteiger partial charge in [-0.05, 0) is 33.5 Å². The summed E-state index contributed by atoms with van der Waals surface area (Å²) in [6.07, 6.45) is 3.74. The summed E-state index contributed by atoms with van der Waals surface area (Å²) >= 11 is 0. The third-order valence-electron chi connectivity index (χ3n) is 6.59. The molecule has 1 unspecified atom stereocenters. The van der Waals surface area contributed by atoms with Crippen molar-refractivity contribution in [3.63, 3.8) is 0 Å². The summed E-state index contributed by atoms with van der Waals surface area (Å²) in [5, 5.41) is 5.05. The molecule has 0 spiro atoms. The normalized spacial score (nSPS) is 25.5. The number of nitrogens with zero attached hydrogens (tertiary/aromatic N) is 7. The molecule has 3 fully saturated rings. The summed E-state index contributed by atoms with van der Waals surface area (Å²) in [5.74, 6) is 2.20. The molecule has 0 radical (unpaired) electrons. The van der Waals surface area contributed by atoms with Crippen molar-refractivity contribution < 1.29 is 0 Å². The average molecular weight is 385 g/mol. The smallest absolute Gasteiger partial charge is 0.160 e. The maximum atomic E-state index is 6.02. The number of aromatic nitrogens is 3. The molecule has 2 aromatic rings. The highest BCUT2D eigenvalue weighted by Gasteiger charge is 2.29. The van der Waals surface area contributed by atoms with E-state index in [0.29, 0.717) is 6.04 Å². The fourth-order valence-electron chi connectivity index (χ4n) is 4.70. The van der Waals surface area contributed by atoms with E-state index in [1.54, 1.807) is 0 Å². The van der Waals surface area contributed by atoms with Gasteiger partial charge in [-0.25, -0.2) is 4.98 Å². The van der Waals surface area contributed by atoms with Crippen LogP contribution < -0.4 is 15.5 Å². The highest BCUT2D eigenvalue weighted by Crippen LogP contribution is 2.32. The van der Waals surface area contributed by atoms with Crippen LogP contribution in [0.15, 0.2) is 12.1 Å². The monoisotopic (exact) mass is 384 g/mol. The summed E-state index contributed by atoms with van der Waals surface area (Å²) < 4.78 is 2.08. The lowest BCUT2D eigenvalue weighted by molar-refractivity contribution is 0.183. The molecular weight excluding hydrogens is 352 g/mol. The number of rotatable bonds is 3. The quantitative estimate of drug-likeness (QED) is 0.839. The van der Waals surface area contributed by atoms with Crippen LogP contribution in [0.3, 0.4) is 0 Å². The second-order valence-corrected chi connectivity index (χ2v) is 8.76. The topological polar surface area (TPSA) is 69.2 Å². The van der Waals surface area contributed by atoms with Gasteiger partial charge in [0.2, 0.25) is 0 Å². The van der Waals surface area contributed by atoms with Gasteiger partial charge in [0.25, 0.3) is 0 Å². The van der Waals surface area contributed by atoms with E-state index in [1.165, 1.54) is 25.1 Å². The van der Waals surface area contributed by atoms with Crippen molar-refractivity contribution in [2.75, 3.05) is 69.7 Å². The zero-order valence-electron chi connectivity index (χ0n) is 17.1. The Labute approximate surface area is 166 Å². The predicted octanol–water partition coefficient (Wildman–Crippen LogP) is 0.785. The molecule has 8 heteroatoms.